The summed E-state index contributed by atoms with van der Waals surface area (Å²) in [7, 11) is -3.92. The topological polar surface area (TPSA) is 52.6 Å². The molecule has 15 heteroatoms. The van der Waals surface area contributed by atoms with Crippen LogP contribution in [0.15, 0.2) is 0 Å². The molecule has 23 heavy (non-hydrogen) atoms. The molecule has 0 rings (SSSR count). The SMILES string of the molecule is CCOC(F)(F)C(F)(C(F)(F)F)C(F)(F)CF.COS(=O)(=O)F. The van der Waals surface area contributed by atoms with Crippen LogP contribution in [0.25, 0.3) is 0 Å². The number of alkyl halides is 9. The van der Waals surface area contributed by atoms with Crippen molar-refractivity contribution >= 4 is 10.5 Å². The molecule has 0 saturated carbocycles. The standard InChI is InChI=1S/C7H7F9O.CH3FO3S/c1-2-17-7(15,16)5(11,6(12,13)14)4(9,10)3-8;1-5-6(2,3)4/h2-3H2,1H3;1H3. The molecular formula is C8H10F10O4S. The van der Waals surface area contributed by atoms with Crippen molar-refractivity contribution in [3.8, 4) is 0 Å². The van der Waals surface area contributed by atoms with Gasteiger partial charge in [-0.15, -0.1) is 0 Å². The van der Waals surface area contributed by atoms with E-state index in [1.54, 1.807) is 0 Å². The first kappa shape index (κ1) is 24.4. The van der Waals surface area contributed by atoms with E-state index >= 15 is 0 Å². The molecule has 0 aliphatic rings. The zero-order valence-electron chi connectivity index (χ0n) is 11.2. The Morgan fingerprint density at radius 1 is 0.957 bits per heavy atom. The van der Waals surface area contributed by atoms with E-state index < -0.39 is 47.7 Å². The Kier molecular flexibility index (Phi) is 8.31. The highest BCUT2D eigenvalue weighted by atomic mass is 32.3. The molecule has 142 valence electrons. The third-order valence-electron chi connectivity index (χ3n) is 1.99. The molecule has 0 aliphatic carbocycles. The van der Waals surface area contributed by atoms with Gasteiger partial charge in [-0.2, -0.15) is 39.2 Å². The van der Waals surface area contributed by atoms with Crippen LogP contribution in [-0.4, -0.2) is 52.7 Å². The fraction of sp³-hybridized carbons (Fsp3) is 1.00. The van der Waals surface area contributed by atoms with Crippen molar-refractivity contribution < 1.29 is 60.7 Å². The van der Waals surface area contributed by atoms with Crippen LogP contribution in [0.5, 0.6) is 0 Å². The van der Waals surface area contributed by atoms with Crippen molar-refractivity contribution in [3.05, 3.63) is 0 Å². The highest BCUT2D eigenvalue weighted by Gasteiger charge is 2.84. The minimum Gasteiger partial charge on any atom is -0.318 e. The average Bonchev–Trinajstić information content (AvgIpc) is 2.35. The molecule has 0 bridgehead atoms. The Balaban J connectivity index is 0. The van der Waals surface area contributed by atoms with E-state index in [1.807, 2.05) is 0 Å². The maximum atomic E-state index is 13.1. The predicted molar refractivity (Wildman–Crippen MR) is 54.4 cm³/mol. The normalized spacial score (nSPS) is 16.3. The zero-order valence-corrected chi connectivity index (χ0v) is 12.1. The molecule has 0 radical (unpaired) electrons. The third kappa shape index (κ3) is 5.95. The Morgan fingerprint density at radius 2 is 1.30 bits per heavy atom. The van der Waals surface area contributed by atoms with E-state index in [0.717, 1.165) is 14.0 Å². The van der Waals surface area contributed by atoms with Gasteiger partial charge in [-0.05, 0) is 6.92 Å². The van der Waals surface area contributed by atoms with Crippen LogP contribution in [0.3, 0.4) is 0 Å². The summed E-state index contributed by atoms with van der Waals surface area (Å²) in [4.78, 5) is 0. The van der Waals surface area contributed by atoms with Gasteiger partial charge >= 0.3 is 34.4 Å². The summed E-state index contributed by atoms with van der Waals surface area (Å²) in [5.41, 5.74) is -6.43. The summed E-state index contributed by atoms with van der Waals surface area (Å²) in [6, 6.07) is 0. The lowest BCUT2D eigenvalue weighted by Gasteiger charge is -2.37. The second-order valence-corrected chi connectivity index (χ2v) is 4.62. The van der Waals surface area contributed by atoms with Crippen LogP contribution in [-0.2, 0) is 19.4 Å². The molecule has 4 nitrogen and oxygen atoms in total. The first-order valence-electron chi connectivity index (χ1n) is 5.15. The molecule has 0 saturated heterocycles. The fourth-order valence-electron chi connectivity index (χ4n) is 0.958. The molecule has 0 aromatic heterocycles. The van der Waals surface area contributed by atoms with E-state index in [-0.39, 0.29) is 0 Å². The van der Waals surface area contributed by atoms with Crippen LogP contribution in [0.2, 0.25) is 0 Å². The highest BCUT2D eigenvalue weighted by Crippen LogP contribution is 2.54. The lowest BCUT2D eigenvalue weighted by Crippen LogP contribution is -2.67. The van der Waals surface area contributed by atoms with Gasteiger partial charge in [0.2, 0.25) is 0 Å². The lowest BCUT2D eigenvalue weighted by molar-refractivity contribution is -0.427. The summed E-state index contributed by atoms with van der Waals surface area (Å²) in [6.07, 6.45) is -12.6. The summed E-state index contributed by atoms with van der Waals surface area (Å²) in [5, 5.41) is 0. The van der Waals surface area contributed by atoms with Crippen LogP contribution in [0.1, 0.15) is 6.92 Å². The second kappa shape index (κ2) is 7.83. The van der Waals surface area contributed by atoms with Gasteiger partial charge in [0.1, 0.15) is 0 Å². The van der Waals surface area contributed by atoms with E-state index in [4.69, 9.17) is 8.42 Å². The maximum absolute atomic E-state index is 13.1. The first-order valence-corrected chi connectivity index (χ1v) is 6.45. The summed E-state index contributed by atoms with van der Waals surface area (Å²) in [6.45, 7) is -3.68. The van der Waals surface area contributed by atoms with E-state index in [2.05, 4.69) is 8.92 Å². The molecule has 0 aromatic rings. The number of hydrogen-bond donors (Lipinski definition) is 0. The van der Waals surface area contributed by atoms with Gasteiger partial charge < -0.3 is 4.74 Å². The molecular weight excluding hydrogens is 382 g/mol. The summed E-state index contributed by atoms with van der Waals surface area (Å²) >= 11 is 0. The van der Waals surface area contributed by atoms with Gasteiger partial charge in [-0.3, -0.25) is 0 Å². The number of ether oxygens (including phenoxy) is 1. The molecule has 0 amide bonds. The van der Waals surface area contributed by atoms with E-state index in [0.29, 0.717) is 0 Å². The lowest BCUT2D eigenvalue weighted by atomic mass is 9.96. The third-order valence-corrected chi connectivity index (χ3v) is 2.39. The van der Waals surface area contributed by atoms with Crippen LogP contribution in [0.4, 0.5) is 43.4 Å². The van der Waals surface area contributed by atoms with Crippen molar-refractivity contribution in [1.29, 1.82) is 0 Å². The smallest absolute Gasteiger partial charge is 0.318 e. The van der Waals surface area contributed by atoms with Gasteiger partial charge in [-0.25, -0.2) is 13.0 Å². The minimum absolute atomic E-state index is 0.734. The van der Waals surface area contributed by atoms with Gasteiger partial charge in [0, 0.05) is 0 Å². The second-order valence-electron chi connectivity index (χ2n) is 3.50. The molecule has 0 aromatic carbocycles. The van der Waals surface area contributed by atoms with Gasteiger partial charge in [0.25, 0.3) is 0 Å². The molecule has 1 unspecified atom stereocenters. The van der Waals surface area contributed by atoms with Crippen LogP contribution in [0, 0.1) is 0 Å². The van der Waals surface area contributed by atoms with Crippen molar-refractivity contribution in [3.63, 3.8) is 0 Å². The van der Waals surface area contributed by atoms with Crippen LogP contribution < -0.4 is 0 Å². The molecule has 0 spiro atoms. The highest BCUT2D eigenvalue weighted by molar-refractivity contribution is 7.81. The summed E-state index contributed by atoms with van der Waals surface area (Å²) in [5.74, 6) is -5.97. The van der Waals surface area contributed by atoms with Crippen molar-refractivity contribution in [2.24, 2.45) is 0 Å². The monoisotopic (exact) mass is 392 g/mol. The van der Waals surface area contributed by atoms with Crippen molar-refractivity contribution in [1.82, 2.24) is 0 Å². The average molecular weight is 392 g/mol. The number of halogens is 10. The Labute approximate surface area is 123 Å². The molecule has 0 heterocycles. The Hall–Kier alpha value is -0.830. The largest absolute Gasteiger partial charge is 0.437 e. The first-order chi connectivity index (χ1) is 9.93. The van der Waals surface area contributed by atoms with Gasteiger partial charge in [0.05, 0.1) is 13.7 Å². The summed E-state index contributed by atoms with van der Waals surface area (Å²) < 4.78 is 147. The van der Waals surface area contributed by atoms with E-state index in [1.165, 1.54) is 0 Å². The fourth-order valence-corrected chi connectivity index (χ4v) is 0.958. The minimum atomic E-state index is -6.71. The van der Waals surface area contributed by atoms with Crippen LogP contribution >= 0.6 is 0 Å². The number of hydrogen-bond acceptors (Lipinski definition) is 4. The van der Waals surface area contributed by atoms with Gasteiger partial charge in [0.15, 0.2) is 6.67 Å². The molecule has 0 N–H and O–H groups in total. The quantitative estimate of drug-likeness (QED) is 0.514. The Bertz CT molecular complexity index is 462. The predicted octanol–water partition coefficient (Wildman–Crippen LogP) is 3.34. The molecule has 1 atom stereocenters. The van der Waals surface area contributed by atoms with Gasteiger partial charge in [-0.1, -0.05) is 3.89 Å². The Morgan fingerprint density at radius 3 is 1.48 bits per heavy atom. The number of rotatable bonds is 6. The van der Waals surface area contributed by atoms with Crippen molar-refractivity contribution in [2.75, 3.05) is 20.4 Å². The molecule has 0 aliphatic heterocycles. The van der Waals surface area contributed by atoms with E-state index in [9.17, 15) is 43.4 Å². The zero-order chi connectivity index (χ0) is 19.3. The van der Waals surface area contributed by atoms with Crippen molar-refractivity contribution in [2.45, 2.75) is 30.8 Å². The maximum Gasteiger partial charge on any atom is 0.437 e. The molecule has 0 fully saturated rings.